The van der Waals surface area contributed by atoms with Crippen LogP contribution in [0.25, 0.3) is 0 Å². The van der Waals surface area contributed by atoms with Crippen molar-refractivity contribution in [1.82, 2.24) is 14.7 Å². The largest absolute Gasteiger partial charge is 0.328 e. The molecule has 30 heavy (non-hydrogen) atoms. The van der Waals surface area contributed by atoms with Crippen LogP contribution in [0.1, 0.15) is 15.9 Å². The van der Waals surface area contributed by atoms with E-state index >= 15 is 0 Å². The van der Waals surface area contributed by atoms with Gasteiger partial charge in [0.05, 0.1) is 0 Å². The average molecular weight is 445 g/mol. The lowest BCUT2D eigenvalue weighted by Gasteiger charge is -2.46. The molecule has 1 saturated heterocycles. The van der Waals surface area contributed by atoms with Gasteiger partial charge in [0.2, 0.25) is 11.4 Å². The number of aliphatic imine (C=N–C) groups is 1. The molecule has 0 aliphatic carbocycles. The lowest BCUT2D eigenvalue weighted by molar-refractivity contribution is -0.138. The van der Waals surface area contributed by atoms with E-state index in [4.69, 9.17) is 23.2 Å². The molecule has 9 heteroatoms. The number of urea groups is 1. The van der Waals surface area contributed by atoms with Gasteiger partial charge >= 0.3 is 6.03 Å². The number of halogens is 2. The van der Waals surface area contributed by atoms with E-state index in [2.05, 4.69) is 4.99 Å². The van der Waals surface area contributed by atoms with E-state index < -0.39 is 29.4 Å². The van der Waals surface area contributed by atoms with E-state index in [9.17, 15) is 14.4 Å². The number of amidine groups is 1. The third-order valence-corrected chi connectivity index (χ3v) is 6.03. The van der Waals surface area contributed by atoms with Gasteiger partial charge in [0.1, 0.15) is 0 Å². The monoisotopic (exact) mass is 444 g/mol. The molecule has 0 radical (unpaired) electrons. The molecule has 0 N–H and O–H groups in total. The van der Waals surface area contributed by atoms with Gasteiger partial charge in [-0.05, 0) is 41.4 Å². The number of amides is 3. The number of benzene rings is 2. The molecular formula is C21H18Cl2N4O3. The number of carbonyl (C=O) groups excluding carboxylic acids is 3. The first-order chi connectivity index (χ1) is 14.3. The van der Waals surface area contributed by atoms with Crippen LogP contribution in [-0.4, -0.2) is 63.5 Å². The van der Waals surface area contributed by atoms with Crippen molar-refractivity contribution in [3.63, 3.8) is 0 Å². The molecule has 154 valence electrons. The molecule has 0 aromatic heterocycles. The SMILES string of the molecule is CN1C(=O)C2N(Cc3ccccc3)C(Cl)=NC2(C(=O)c2ccc(Cl)cc2)N(C)C1=O. The zero-order valence-corrected chi connectivity index (χ0v) is 17.8. The average Bonchev–Trinajstić information content (AvgIpc) is 3.05. The highest BCUT2D eigenvalue weighted by Gasteiger charge is 2.65. The zero-order chi connectivity index (χ0) is 21.6. The molecule has 7 nitrogen and oxygen atoms in total. The van der Waals surface area contributed by atoms with Gasteiger partial charge < -0.3 is 4.90 Å². The fourth-order valence-electron chi connectivity index (χ4n) is 3.88. The Morgan fingerprint density at radius 3 is 2.30 bits per heavy atom. The van der Waals surface area contributed by atoms with Gasteiger partial charge in [0, 0.05) is 31.2 Å². The molecule has 0 bridgehead atoms. The molecule has 4 rings (SSSR count). The molecule has 0 saturated carbocycles. The molecule has 1 fully saturated rings. The first-order valence-electron chi connectivity index (χ1n) is 9.19. The number of carbonyl (C=O) groups is 3. The van der Waals surface area contributed by atoms with Crippen LogP contribution in [0.3, 0.4) is 0 Å². The Morgan fingerprint density at radius 1 is 1.03 bits per heavy atom. The minimum Gasteiger partial charge on any atom is -0.326 e. The summed E-state index contributed by atoms with van der Waals surface area (Å²) in [7, 11) is 2.83. The predicted molar refractivity (Wildman–Crippen MR) is 114 cm³/mol. The van der Waals surface area contributed by atoms with Crippen molar-refractivity contribution in [2.45, 2.75) is 18.2 Å². The molecule has 2 atom stereocenters. The van der Waals surface area contributed by atoms with Crippen molar-refractivity contribution in [3.05, 3.63) is 70.7 Å². The van der Waals surface area contributed by atoms with Gasteiger partial charge in [-0.15, -0.1) is 0 Å². The fraction of sp³-hybridized carbons (Fsp3) is 0.238. The first kappa shape index (κ1) is 20.4. The highest BCUT2D eigenvalue weighted by atomic mass is 35.5. The van der Waals surface area contributed by atoms with Crippen molar-refractivity contribution in [2.24, 2.45) is 4.99 Å². The Balaban J connectivity index is 1.84. The maximum atomic E-state index is 13.7. The first-order valence-corrected chi connectivity index (χ1v) is 9.94. The predicted octanol–water partition coefficient (Wildman–Crippen LogP) is 3.22. The third kappa shape index (κ3) is 2.97. The Bertz CT molecular complexity index is 1060. The Kier molecular flexibility index (Phi) is 5.03. The molecule has 2 aliphatic heterocycles. The number of hydrogen-bond donors (Lipinski definition) is 0. The summed E-state index contributed by atoms with van der Waals surface area (Å²) in [5.74, 6) is -1.05. The van der Waals surface area contributed by atoms with E-state index in [1.807, 2.05) is 30.3 Å². The van der Waals surface area contributed by atoms with Crippen LogP contribution in [0.4, 0.5) is 4.79 Å². The van der Waals surface area contributed by atoms with Gasteiger partial charge in [-0.2, -0.15) is 0 Å². The van der Waals surface area contributed by atoms with Crippen molar-refractivity contribution in [2.75, 3.05) is 14.1 Å². The topological polar surface area (TPSA) is 73.3 Å². The maximum Gasteiger partial charge on any atom is 0.328 e. The van der Waals surface area contributed by atoms with E-state index in [1.54, 1.807) is 29.2 Å². The van der Waals surface area contributed by atoms with E-state index in [-0.39, 0.29) is 17.4 Å². The van der Waals surface area contributed by atoms with Gasteiger partial charge in [0.25, 0.3) is 5.91 Å². The summed E-state index contributed by atoms with van der Waals surface area (Å²) in [6.07, 6.45) is 0. The van der Waals surface area contributed by atoms with E-state index in [1.165, 1.54) is 19.0 Å². The second-order valence-corrected chi connectivity index (χ2v) is 7.97. The van der Waals surface area contributed by atoms with Crippen LogP contribution >= 0.6 is 23.2 Å². The van der Waals surface area contributed by atoms with Gasteiger partial charge in [-0.1, -0.05) is 41.9 Å². The lowest BCUT2D eigenvalue weighted by atomic mass is 9.87. The van der Waals surface area contributed by atoms with Gasteiger partial charge in [-0.25, -0.2) is 9.79 Å². The van der Waals surface area contributed by atoms with Crippen molar-refractivity contribution >= 4 is 46.2 Å². The molecule has 2 aromatic rings. The van der Waals surface area contributed by atoms with E-state index in [0.717, 1.165) is 10.5 Å². The van der Waals surface area contributed by atoms with Gasteiger partial charge in [-0.3, -0.25) is 19.4 Å². The highest BCUT2D eigenvalue weighted by molar-refractivity contribution is 6.65. The minimum absolute atomic E-state index is 0.00512. The quantitative estimate of drug-likeness (QED) is 0.535. The number of ketones is 1. The number of hydrogen-bond acceptors (Lipinski definition) is 5. The summed E-state index contributed by atoms with van der Waals surface area (Å²) >= 11 is 12.4. The second kappa shape index (κ2) is 7.41. The van der Waals surface area contributed by atoms with Gasteiger partial charge in [0.15, 0.2) is 11.3 Å². The Labute approximate surface area is 183 Å². The molecule has 2 heterocycles. The Hall–Kier alpha value is -2.90. The fourth-order valence-corrected chi connectivity index (χ4v) is 4.29. The standard InChI is InChI=1S/C21H18Cl2N4O3/c1-25-18(29)16-21(26(2)20(25)30,17(28)14-8-10-15(22)11-9-14)24-19(23)27(16)12-13-6-4-3-5-7-13/h3-11,16H,12H2,1-2H3. The van der Waals surface area contributed by atoms with Crippen molar-refractivity contribution in [3.8, 4) is 0 Å². The summed E-state index contributed by atoms with van der Waals surface area (Å²) in [6, 6.07) is 13.9. The molecule has 0 spiro atoms. The summed E-state index contributed by atoms with van der Waals surface area (Å²) in [5, 5.41) is 0.456. The van der Waals surface area contributed by atoms with Crippen LogP contribution < -0.4 is 0 Å². The van der Waals surface area contributed by atoms with Crippen LogP contribution in [0, 0.1) is 0 Å². The van der Waals surface area contributed by atoms with Crippen LogP contribution in [0.5, 0.6) is 0 Å². The van der Waals surface area contributed by atoms with E-state index in [0.29, 0.717) is 5.02 Å². The maximum absolute atomic E-state index is 13.7. The Morgan fingerprint density at radius 2 is 1.67 bits per heavy atom. The number of imide groups is 1. The zero-order valence-electron chi connectivity index (χ0n) is 16.3. The number of nitrogens with zero attached hydrogens (tertiary/aromatic N) is 4. The normalized spacial score (nSPS) is 23.5. The number of likely N-dealkylation sites (N-methyl/N-ethyl adjacent to an activating group) is 2. The molecule has 2 aromatic carbocycles. The summed E-state index contributed by atoms with van der Waals surface area (Å²) in [6.45, 7) is 0.255. The number of fused-ring (bicyclic) bond motifs is 1. The molecule has 2 unspecified atom stereocenters. The molecule has 2 aliphatic rings. The van der Waals surface area contributed by atoms with Crippen LogP contribution in [0.15, 0.2) is 59.6 Å². The third-order valence-electron chi connectivity index (χ3n) is 5.48. The summed E-state index contributed by atoms with van der Waals surface area (Å²) < 4.78 is 0. The van der Waals surface area contributed by atoms with Crippen LogP contribution in [-0.2, 0) is 11.3 Å². The summed E-state index contributed by atoms with van der Waals surface area (Å²) in [5.41, 5.74) is -0.646. The second-order valence-electron chi connectivity index (χ2n) is 7.20. The number of rotatable bonds is 4. The number of Topliss-reactive ketones (excluding diaryl/α,β-unsaturated/α-hetero) is 1. The minimum atomic E-state index is -1.81. The lowest BCUT2D eigenvalue weighted by Crippen LogP contribution is -2.73. The smallest absolute Gasteiger partial charge is 0.326 e. The van der Waals surface area contributed by atoms with Crippen LogP contribution in [0.2, 0.25) is 5.02 Å². The molecule has 3 amide bonds. The van der Waals surface area contributed by atoms with Crippen molar-refractivity contribution < 1.29 is 14.4 Å². The van der Waals surface area contributed by atoms with Crippen molar-refractivity contribution in [1.29, 1.82) is 0 Å². The highest BCUT2D eigenvalue weighted by Crippen LogP contribution is 2.40. The molecular weight excluding hydrogens is 427 g/mol. The summed E-state index contributed by atoms with van der Waals surface area (Å²) in [4.78, 5) is 47.8.